The fourth-order valence-electron chi connectivity index (χ4n) is 2.79. The lowest BCUT2D eigenvalue weighted by Crippen LogP contribution is -2.10. The summed E-state index contributed by atoms with van der Waals surface area (Å²) in [5, 5.41) is 9.67. The third-order valence-corrected chi connectivity index (χ3v) is 3.72. The Morgan fingerprint density at radius 2 is 2.29 bits per heavy atom. The maximum atomic E-state index is 9.67. The van der Waals surface area contributed by atoms with Gasteiger partial charge in [0.15, 0.2) is 0 Å². The zero-order valence-electron chi connectivity index (χ0n) is 9.11. The topological polar surface area (TPSA) is 20.2 Å². The zero-order valence-corrected chi connectivity index (χ0v) is 9.11. The normalized spacial score (nSPS) is 37.9. The molecule has 0 saturated heterocycles. The molecule has 4 atom stereocenters. The van der Waals surface area contributed by atoms with E-state index in [9.17, 15) is 5.11 Å². The molecule has 1 N–H and O–H groups in total. The van der Waals surface area contributed by atoms with Crippen molar-refractivity contribution in [2.45, 2.75) is 39.2 Å². The Hall–Kier alpha value is -0.560. The number of allylic oxidation sites excluding steroid dienone is 3. The Bertz CT molecular complexity index is 264. The molecule has 0 aromatic heterocycles. The van der Waals surface area contributed by atoms with Gasteiger partial charge in [0.1, 0.15) is 0 Å². The van der Waals surface area contributed by atoms with Gasteiger partial charge in [0.25, 0.3) is 0 Å². The Morgan fingerprint density at radius 3 is 2.79 bits per heavy atom. The molecule has 0 amide bonds. The van der Waals surface area contributed by atoms with E-state index >= 15 is 0 Å². The molecular weight excluding hydrogens is 172 g/mol. The molecule has 14 heavy (non-hydrogen) atoms. The van der Waals surface area contributed by atoms with Crippen LogP contribution in [0, 0.1) is 17.8 Å². The van der Waals surface area contributed by atoms with E-state index in [-0.39, 0.29) is 6.10 Å². The molecule has 0 aromatic carbocycles. The van der Waals surface area contributed by atoms with Gasteiger partial charge in [0.2, 0.25) is 0 Å². The van der Waals surface area contributed by atoms with Gasteiger partial charge in [0, 0.05) is 0 Å². The molecule has 0 heterocycles. The largest absolute Gasteiger partial charge is 0.389 e. The summed E-state index contributed by atoms with van der Waals surface area (Å²) in [4.78, 5) is 0. The number of fused-ring (bicyclic) bond motifs is 2. The van der Waals surface area contributed by atoms with E-state index < -0.39 is 0 Å². The molecule has 78 valence electrons. The molecule has 2 aliphatic rings. The van der Waals surface area contributed by atoms with Crippen molar-refractivity contribution in [1.29, 1.82) is 0 Å². The van der Waals surface area contributed by atoms with Crippen LogP contribution in [0.15, 0.2) is 23.8 Å². The van der Waals surface area contributed by atoms with Crippen molar-refractivity contribution >= 4 is 0 Å². The summed E-state index contributed by atoms with van der Waals surface area (Å²) >= 11 is 0. The highest BCUT2D eigenvalue weighted by molar-refractivity contribution is 5.17. The summed E-state index contributed by atoms with van der Waals surface area (Å²) in [6.45, 7) is 4.09. The summed E-state index contributed by atoms with van der Waals surface area (Å²) in [7, 11) is 0. The van der Waals surface area contributed by atoms with Crippen molar-refractivity contribution in [2.24, 2.45) is 17.8 Å². The highest BCUT2D eigenvalue weighted by Gasteiger charge is 2.34. The van der Waals surface area contributed by atoms with Crippen LogP contribution in [0.25, 0.3) is 0 Å². The van der Waals surface area contributed by atoms with E-state index in [1.807, 2.05) is 6.92 Å². The van der Waals surface area contributed by atoms with Crippen molar-refractivity contribution in [3.63, 3.8) is 0 Å². The average molecular weight is 192 g/mol. The standard InChI is InChI=1S/C13H20O/c1-3-13(14)9(2)6-12-8-10-4-5-11(12)7-10/h4-6,10-14H,3,7-8H2,1-2H3/b9-6+/t10-,11+,12+,13?/m1/s1. The van der Waals surface area contributed by atoms with E-state index in [0.29, 0.717) is 5.92 Å². The second kappa shape index (κ2) is 3.90. The van der Waals surface area contributed by atoms with Crippen molar-refractivity contribution in [1.82, 2.24) is 0 Å². The maximum Gasteiger partial charge on any atom is 0.0744 e. The van der Waals surface area contributed by atoms with Crippen LogP contribution in [0.4, 0.5) is 0 Å². The molecular formula is C13H20O. The second-order valence-electron chi connectivity index (χ2n) is 4.78. The van der Waals surface area contributed by atoms with Crippen LogP contribution in [-0.4, -0.2) is 11.2 Å². The molecule has 1 fully saturated rings. The Balaban J connectivity index is 2.00. The summed E-state index contributed by atoms with van der Waals surface area (Å²) < 4.78 is 0. The van der Waals surface area contributed by atoms with Gasteiger partial charge in [-0.25, -0.2) is 0 Å². The molecule has 1 unspecified atom stereocenters. The quantitative estimate of drug-likeness (QED) is 0.682. The van der Waals surface area contributed by atoms with Gasteiger partial charge < -0.3 is 5.11 Å². The van der Waals surface area contributed by atoms with E-state index in [0.717, 1.165) is 18.3 Å². The molecule has 0 radical (unpaired) electrons. The van der Waals surface area contributed by atoms with Gasteiger partial charge in [-0.3, -0.25) is 0 Å². The first kappa shape index (κ1) is 9.97. The molecule has 2 bridgehead atoms. The molecule has 2 rings (SSSR count). The minimum atomic E-state index is -0.224. The van der Waals surface area contributed by atoms with Gasteiger partial charge in [-0.05, 0) is 49.5 Å². The summed E-state index contributed by atoms with van der Waals surface area (Å²) in [5.74, 6) is 2.29. The first-order valence-electron chi connectivity index (χ1n) is 5.75. The monoisotopic (exact) mass is 192 g/mol. The molecule has 0 aliphatic heterocycles. The first-order valence-corrected chi connectivity index (χ1v) is 5.75. The van der Waals surface area contributed by atoms with Crippen LogP contribution in [-0.2, 0) is 0 Å². The highest BCUT2D eigenvalue weighted by Crippen LogP contribution is 2.44. The first-order chi connectivity index (χ1) is 6.70. The maximum absolute atomic E-state index is 9.67. The van der Waals surface area contributed by atoms with E-state index in [1.165, 1.54) is 18.4 Å². The van der Waals surface area contributed by atoms with Crippen molar-refractivity contribution in [2.75, 3.05) is 0 Å². The van der Waals surface area contributed by atoms with Crippen molar-refractivity contribution < 1.29 is 5.11 Å². The lowest BCUT2D eigenvalue weighted by atomic mass is 9.90. The average Bonchev–Trinajstić information content (AvgIpc) is 2.77. The molecule has 0 spiro atoms. The third kappa shape index (κ3) is 1.78. The van der Waals surface area contributed by atoms with Crippen LogP contribution >= 0.6 is 0 Å². The Kier molecular flexibility index (Phi) is 2.78. The SMILES string of the molecule is CCC(O)/C(C)=C/[C@H]1C[C@@H]2C=C[C@H]1C2. The van der Waals surface area contributed by atoms with Gasteiger partial charge in [-0.2, -0.15) is 0 Å². The molecule has 1 heteroatoms. The fraction of sp³-hybridized carbons (Fsp3) is 0.692. The fourth-order valence-corrected chi connectivity index (χ4v) is 2.79. The van der Waals surface area contributed by atoms with Gasteiger partial charge in [-0.15, -0.1) is 0 Å². The number of hydrogen-bond donors (Lipinski definition) is 1. The number of aliphatic hydroxyl groups excluding tert-OH is 1. The van der Waals surface area contributed by atoms with Crippen LogP contribution in [0.5, 0.6) is 0 Å². The Labute approximate surface area is 86.5 Å². The minimum absolute atomic E-state index is 0.224. The van der Waals surface area contributed by atoms with Gasteiger partial charge in [-0.1, -0.05) is 25.2 Å². The molecule has 1 nitrogen and oxygen atoms in total. The summed E-state index contributed by atoms with van der Waals surface area (Å²) in [6.07, 6.45) is 10.3. The summed E-state index contributed by atoms with van der Waals surface area (Å²) in [5.41, 5.74) is 1.17. The van der Waals surface area contributed by atoms with Gasteiger partial charge in [0.05, 0.1) is 6.10 Å². The molecule has 2 aliphatic carbocycles. The predicted molar refractivity (Wildman–Crippen MR) is 58.9 cm³/mol. The second-order valence-corrected chi connectivity index (χ2v) is 4.78. The van der Waals surface area contributed by atoms with Crippen LogP contribution in [0.2, 0.25) is 0 Å². The number of rotatable bonds is 3. The third-order valence-electron chi connectivity index (χ3n) is 3.72. The van der Waals surface area contributed by atoms with Crippen LogP contribution in [0.1, 0.15) is 33.1 Å². The Morgan fingerprint density at radius 1 is 1.50 bits per heavy atom. The lowest BCUT2D eigenvalue weighted by Gasteiger charge is -2.17. The van der Waals surface area contributed by atoms with E-state index in [2.05, 4.69) is 25.2 Å². The predicted octanol–water partition coefficient (Wildman–Crippen LogP) is 2.92. The van der Waals surface area contributed by atoms with E-state index in [1.54, 1.807) is 0 Å². The summed E-state index contributed by atoms with van der Waals surface area (Å²) in [6, 6.07) is 0. The van der Waals surface area contributed by atoms with Crippen LogP contribution in [0.3, 0.4) is 0 Å². The lowest BCUT2D eigenvalue weighted by molar-refractivity contribution is 0.205. The van der Waals surface area contributed by atoms with Crippen molar-refractivity contribution in [3.05, 3.63) is 23.8 Å². The van der Waals surface area contributed by atoms with Crippen molar-refractivity contribution in [3.8, 4) is 0 Å². The zero-order chi connectivity index (χ0) is 10.1. The minimum Gasteiger partial charge on any atom is -0.389 e. The number of aliphatic hydroxyl groups is 1. The van der Waals surface area contributed by atoms with Crippen LogP contribution < -0.4 is 0 Å². The van der Waals surface area contributed by atoms with Gasteiger partial charge >= 0.3 is 0 Å². The molecule has 0 aromatic rings. The number of hydrogen-bond acceptors (Lipinski definition) is 1. The van der Waals surface area contributed by atoms with E-state index in [4.69, 9.17) is 0 Å². The highest BCUT2D eigenvalue weighted by atomic mass is 16.3. The molecule has 1 saturated carbocycles. The smallest absolute Gasteiger partial charge is 0.0744 e.